The predicted octanol–water partition coefficient (Wildman–Crippen LogP) is 4.52. The fourth-order valence-corrected chi connectivity index (χ4v) is 5.30. The molecule has 3 rings (SSSR count). The molecular weight excluding hydrogens is 486 g/mol. The van der Waals surface area contributed by atoms with E-state index >= 15 is 0 Å². The van der Waals surface area contributed by atoms with Crippen LogP contribution in [-0.2, 0) is 26.2 Å². The molecule has 3 aromatic carbocycles. The van der Waals surface area contributed by atoms with E-state index in [0.717, 1.165) is 21.9 Å². The van der Waals surface area contributed by atoms with Gasteiger partial charge in [-0.05, 0) is 62.6 Å². The van der Waals surface area contributed by atoms with Gasteiger partial charge in [0, 0.05) is 12.6 Å². The number of anilines is 1. The summed E-state index contributed by atoms with van der Waals surface area (Å²) in [5.74, 6) is -0.758. The van der Waals surface area contributed by atoms with Crippen molar-refractivity contribution in [3.63, 3.8) is 0 Å². The van der Waals surface area contributed by atoms with Crippen molar-refractivity contribution in [2.24, 2.45) is 0 Å². The fourth-order valence-electron chi connectivity index (χ4n) is 3.86. The Kier molecular flexibility index (Phi) is 9.47. The van der Waals surface area contributed by atoms with Gasteiger partial charge in [0.25, 0.3) is 10.0 Å². The highest BCUT2D eigenvalue weighted by molar-refractivity contribution is 7.92. The molecule has 0 saturated heterocycles. The van der Waals surface area contributed by atoms with E-state index in [1.807, 2.05) is 45.0 Å². The van der Waals surface area contributed by atoms with Crippen molar-refractivity contribution in [3.8, 4) is 0 Å². The molecular formula is C29H35N3O4S. The summed E-state index contributed by atoms with van der Waals surface area (Å²) in [4.78, 5) is 28.5. The van der Waals surface area contributed by atoms with Gasteiger partial charge < -0.3 is 10.2 Å². The van der Waals surface area contributed by atoms with Crippen molar-refractivity contribution in [2.75, 3.05) is 10.8 Å². The highest BCUT2D eigenvalue weighted by atomic mass is 32.2. The molecule has 2 atom stereocenters. The van der Waals surface area contributed by atoms with Crippen LogP contribution in [0.4, 0.5) is 5.69 Å². The first-order chi connectivity index (χ1) is 17.6. The van der Waals surface area contributed by atoms with E-state index in [2.05, 4.69) is 5.32 Å². The Morgan fingerprint density at radius 1 is 0.865 bits per heavy atom. The minimum absolute atomic E-state index is 0.0513. The van der Waals surface area contributed by atoms with Crippen LogP contribution >= 0.6 is 0 Å². The van der Waals surface area contributed by atoms with Crippen LogP contribution in [0.15, 0.2) is 89.8 Å². The van der Waals surface area contributed by atoms with E-state index in [9.17, 15) is 18.0 Å². The minimum atomic E-state index is -4.05. The Morgan fingerprint density at radius 3 is 2.03 bits per heavy atom. The molecule has 0 aliphatic rings. The molecule has 0 saturated carbocycles. The van der Waals surface area contributed by atoms with Crippen LogP contribution in [0.25, 0.3) is 0 Å². The lowest BCUT2D eigenvalue weighted by atomic mass is 10.1. The molecule has 0 aliphatic heterocycles. The van der Waals surface area contributed by atoms with Crippen molar-refractivity contribution < 1.29 is 18.0 Å². The summed E-state index contributed by atoms with van der Waals surface area (Å²) in [5.41, 5.74) is 2.23. The second-order valence-corrected chi connectivity index (χ2v) is 11.0. The first-order valence-electron chi connectivity index (χ1n) is 12.4. The molecule has 0 aromatic heterocycles. The third-order valence-electron chi connectivity index (χ3n) is 6.42. The monoisotopic (exact) mass is 521 g/mol. The lowest BCUT2D eigenvalue weighted by Crippen LogP contribution is -2.52. The van der Waals surface area contributed by atoms with Gasteiger partial charge in [-0.2, -0.15) is 0 Å². The Hall–Kier alpha value is -3.65. The number of nitrogens with zero attached hydrogens (tertiary/aromatic N) is 2. The van der Waals surface area contributed by atoms with Crippen molar-refractivity contribution in [1.29, 1.82) is 0 Å². The summed E-state index contributed by atoms with van der Waals surface area (Å²) in [6.45, 7) is 7.22. The number of aryl methyl sites for hydroxylation is 1. The Bertz CT molecular complexity index is 1300. The fraction of sp³-hybridized carbons (Fsp3) is 0.310. The second kappa shape index (κ2) is 12.5. The number of amides is 2. The topological polar surface area (TPSA) is 86.8 Å². The van der Waals surface area contributed by atoms with E-state index < -0.39 is 28.5 Å². The molecule has 0 radical (unpaired) electrons. The van der Waals surface area contributed by atoms with Crippen LogP contribution in [0.5, 0.6) is 0 Å². The van der Waals surface area contributed by atoms with Gasteiger partial charge in [-0.3, -0.25) is 13.9 Å². The highest BCUT2D eigenvalue weighted by Crippen LogP contribution is 2.24. The summed E-state index contributed by atoms with van der Waals surface area (Å²) >= 11 is 0. The third kappa shape index (κ3) is 6.98. The maximum Gasteiger partial charge on any atom is 0.264 e. The van der Waals surface area contributed by atoms with E-state index in [4.69, 9.17) is 0 Å². The van der Waals surface area contributed by atoms with Gasteiger partial charge in [0.15, 0.2) is 0 Å². The summed E-state index contributed by atoms with van der Waals surface area (Å²) in [7, 11) is -4.05. The van der Waals surface area contributed by atoms with Gasteiger partial charge in [-0.1, -0.05) is 67.6 Å². The molecule has 0 unspecified atom stereocenters. The number of carbonyl (C=O) groups excluding carboxylic acids is 2. The quantitative estimate of drug-likeness (QED) is 0.402. The molecule has 7 nitrogen and oxygen atoms in total. The normalized spacial score (nSPS) is 12.9. The average molecular weight is 522 g/mol. The molecule has 3 aromatic rings. The molecule has 0 fully saturated rings. The smallest absolute Gasteiger partial charge is 0.264 e. The van der Waals surface area contributed by atoms with Crippen LogP contribution in [0, 0.1) is 6.92 Å². The molecule has 2 amide bonds. The van der Waals surface area contributed by atoms with Crippen molar-refractivity contribution in [1.82, 2.24) is 10.2 Å². The maximum absolute atomic E-state index is 13.9. The number of para-hydroxylation sites is 1. The zero-order valence-electron chi connectivity index (χ0n) is 21.8. The zero-order valence-corrected chi connectivity index (χ0v) is 22.6. The first-order valence-corrected chi connectivity index (χ1v) is 13.9. The van der Waals surface area contributed by atoms with E-state index in [1.165, 1.54) is 17.0 Å². The van der Waals surface area contributed by atoms with E-state index in [-0.39, 0.29) is 23.4 Å². The lowest BCUT2D eigenvalue weighted by Gasteiger charge is -2.32. The molecule has 1 N–H and O–H groups in total. The van der Waals surface area contributed by atoms with Gasteiger partial charge >= 0.3 is 0 Å². The van der Waals surface area contributed by atoms with Crippen LogP contribution in [0.3, 0.4) is 0 Å². The maximum atomic E-state index is 13.9. The van der Waals surface area contributed by atoms with Gasteiger partial charge in [0.2, 0.25) is 11.8 Å². The van der Waals surface area contributed by atoms with Gasteiger partial charge in [-0.25, -0.2) is 8.42 Å². The number of nitrogens with one attached hydrogen (secondary N) is 1. The molecule has 0 bridgehead atoms. The number of rotatable bonds is 11. The Balaban J connectivity index is 2.00. The van der Waals surface area contributed by atoms with Crippen molar-refractivity contribution >= 4 is 27.5 Å². The van der Waals surface area contributed by atoms with E-state index in [0.29, 0.717) is 5.69 Å². The molecule has 0 spiro atoms. The molecule has 0 heterocycles. The lowest BCUT2D eigenvalue weighted by molar-refractivity contribution is -0.139. The highest BCUT2D eigenvalue weighted by Gasteiger charge is 2.32. The van der Waals surface area contributed by atoms with E-state index in [1.54, 1.807) is 55.5 Å². The predicted molar refractivity (Wildman–Crippen MR) is 147 cm³/mol. The minimum Gasteiger partial charge on any atom is -0.352 e. The first kappa shape index (κ1) is 27.9. The number of hydrogen-bond donors (Lipinski definition) is 1. The van der Waals surface area contributed by atoms with Gasteiger partial charge in [-0.15, -0.1) is 0 Å². The number of carbonyl (C=O) groups is 2. The zero-order chi connectivity index (χ0) is 27.0. The van der Waals surface area contributed by atoms with Gasteiger partial charge in [0.1, 0.15) is 12.6 Å². The van der Waals surface area contributed by atoms with Crippen molar-refractivity contribution in [3.05, 3.63) is 96.1 Å². The molecule has 0 aliphatic carbocycles. The summed E-state index contributed by atoms with van der Waals surface area (Å²) < 4.78 is 28.4. The summed E-state index contributed by atoms with van der Waals surface area (Å²) in [5, 5.41) is 2.94. The largest absolute Gasteiger partial charge is 0.352 e. The molecule has 8 heteroatoms. The van der Waals surface area contributed by atoms with Crippen LogP contribution < -0.4 is 9.62 Å². The standard InChI is InChI=1S/C29H35N3O4S/c1-5-23(3)30-29(34)24(4)31(20-25-15-13-12-14-22(25)2)28(33)21-32(26-16-8-6-9-17-26)37(35,36)27-18-10-7-11-19-27/h6-19,23-24H,5,20-21H2,1-4H3,(H,30,34)/t23-,24+/m1/s1. The van der Waals surface area contributed by atoms with Crippen molar-refractivity contribution in [2.45, 2.75) is 57.6 Å². The van der Waals surface area contributed by atoms with Gasteiger partial charge in [0.05, 0.1) is 10.6 Å². The molecule has 196 valence electrons. The average Bonchev–Trinajstić information content (AvgIpc) is 2.91. The number of hydrogen-bond acceptors (Lipinski definition) is 4. The summed E-state index contributed by atoms with van der Waals surface area (Å²) in [6, 6.07) is 23.3. The summed E-state index contributed by atoms with van der Waals surface area (Å²) in [6.07, 6.45) is 0.751. The van der Waals surface area contributed by atoms with Crippen LogP contribution in [0.2, 0.25) is 0 Å². The SMILES string of the molecule is CC[C@@H](C)NC(=O)[C@H](C)N(Cc1ccccc1C)C(=O)CN(c1ccccc1)S(=O)(=O)c1ccccc1. The van der Waals surface area contributed by atoms with Crippen LogP contribution in [-0.4, -0.2) is 43.8 Å². The second-order valence-electron chi connectivity index (χ2n) is 9.10. The Morgan fingerprint density at radius 2 is 1.43 bits per heavy atom. The number of benzene rings is 3. The van der Waals surface area contributed by atoms with Crippen LogP contribution in [0.1, 0.15) is 38.3 Å². The number of sulfonamides is 1. The Labute approximate surface area is 220 Å². The third-order valence-corrected chi connectivity index (χ3v) is 8.21. The molecule has 37 heavy (non-hydrogen) atoms.